The lowest BCUT2D eigenvalue weighted by atomic mass is 10.0. The van der Waals surface area contributed by atoms with Crippen molar-refractivity contribution in [3.05, 3.63) is 81.8 Å². The first-order valence-corrected chi connectivity index (χ1v) is 16.6. The van der Waals surface area contributed by atoms with E-state index in [4.69, 9.17) is 11.6 Å². The predicted molar refractivity (Wildman–Crippen MR) is 169 cm³/mol. The molecule has 1 amide bonds. The molecule has 16 heteroatoms. The second kappa shape index (κ2) is 12.3. The Hall–Kier alpha value is -4.37. The molecule has 5 rings (SSSR count). The van der Waals surface area contributed by atoms with E-state index >= 15 is 4.39 Å². The summed E-state index contributed by atoms with van der Waals surface area (Å²) in [6.07, 6.45) is -1.61. The van der Waals surface area contributed by atoms with Gasteiger partial charge in [0.25, 0.3) is 0 Å². The molecule has 0 aliphatic carbocycles. The van der Waals surface area contributed by atoms with Crippen molar-refractivity contribution < 1.29 is 30.8 Å². The average molecular weight is 693 g/mol. The Bertz CT molecular complexity index is 2100. The van der Waals surface area contributed by atoms with E-state index in [1.165, 1.54) is 23.2 Å². The third kappa shape index (κ3) is 6.21. The van der Waals surface area contributed by atoms with Crippen LogP contribution >= 0.6 is 11.6 Å². The standard InChI is InChI=1S/C31H29ClF4N6O4S/c1-6-23(43)40-12-13-41(17(4)15-40)28-18-14-21(33)26(24-19(31(34,35)36)8-7-9-20(24)32)38-29(18)42(30(44)39-28)27-22(47(5,45)46)10-11-37-25(27)16(2)3/h6-11,14,16-17H,1,12-13,15H2,2-5H3/t17-/m0/s1. The molecule has 1 fully saturated rings. The van der Waals surface area contributed by atoms with Gasteiger partial charge in [-0.15, -0.1) is 0 Å². The van der Waals surface area contributed by atoms with Crippen LogP contribution in [0.5, 0.6) is 0 Å². The third-order valence-corrected chi connectivity index (χ3v) is 9.27. The molecule has 0 spiro atoms. The Balaban J connectivity index is 1.93. The van der Waals surface area contributed by atoms with Gasteiger partial charge in [-0.1, -0.05) is 38.1 Å². The lowest BCUT2D eigenvalue weighted by Crippen LogP contribution is -2.54. The number of fused-ring (bicyclic) bond motifs is 1. The second-order valence-electron chi connectivity index (χ2n) is 11.4. The second-order valence-corrected chi connectivity index (χ2v) is 13.8. The number of rotatable bonds is 6. The van der Waals surface area contributed by atoms with Gasteiger partial charge in [-0.2, -0.15) is 18.2 Å². The van der Waals surface area contributed by atoms with Gasteiger partial charge in [0.15, 0.2) is 15.5 Å². The molecule has 1 aromatic carbocycles. The molecule has 1 atom stereocenters. The van der Waals surface area contributed by atoms with E-state index < -0.39 is 61.3 Å². The summed E-state index contributed by atoms with van der Waals surface area (Å²) < 4.78 is 85.5. The van der Waals surface area contributed by atoms with Crippen LogP contribution in [0.1, 0.15) is 37.9 Å². The quantitative estimate of drug-likeness (QED) is 0.195. The number of pyridine rings is 2. The minimum atomic E-state index is -4.96. The molecular weight excluding hydrogens is 664 g/mol. The first-order chi connectivity index (χ1) is 21.9. The van der Waals surface area contributed by atoms with Crippen LogP contribution < -0.4 is 10.6 Å². The molecule has 0 unspecified atom stereocenters. The highest BCUT2D eigenvalue weighted by atomic mass is 35.5. The lowest BCUT2D eigenvalue weighted by molar-refractivity contribution is -0.137. The highest BCUT2D eigenvalue weighted by Crippen LogP contribution is 2.42. The number of halogens is 5. The minimum absolute atomic E-state index is 0.0523. The zero-order chi connectivity index (χ0) is 34.6. The molecule has 0 radical (unpaired) electrons. The van der Waals surface area contributed by atoms with Crippen molar-refractivity contribution in [2.24, 2.45) is 0 Å². The molecule has 0 N–H and O–H groups in total. The van der Waals surface area contributed by atoms with Gasteiger partial charge >= 0.3 is 11.9 Å². The minimum Gasteiger partial charge on any atom is -0.350 e. The number of aromatic nitrogens is 4. The van der Waals surface area contributed by atoms with Crippen LogP contribution in [0.3, 0.4) is 0 Å². The van der Waals surface area contributed by atoms with Gasteiger partial charge in [0, 0.05) is 43.7 Å². The zero-order valence-electron chi connectivity index (χ0n) is 25.6. The summed E-state index contributed by atoms with van der Waals surface area (Å²) in [5.41, 5.74) is -4.32. The number of anilines is 1. The van der Waals surface area contributed by atoms with Crippen molar-refractivity contribution in [2.75, 3.05) is 30.8 Å². The number of nitrogens with zero attached hydrogens (tertiary/aromatic N) is 6. The number of hydrogen-bond donors (Lipinski definition) is 0. The normalized spacial score (nSPS) is 15.8. The molecule has 47 heavy (non-hydrogen) atoms. The summed E-state index contributed by atoms with van der Waals surface area (Å²) in [4.78, 5) is 42.1. The van der Waals surface area contributed by atoms with Crippen molar-refractivity contribution in [3.8, 4) is 16.9 Å². The maximum atomic E-state index is 16.1. The molecule has 4 heterocycles. The number of hydrogen-bond acceptors (Lipinski definition) is 8. The van der Waals surface area contributed by atoms with E-state index in [1.807, 2.05) is 0 Å². The number of carbonyl (C=O) groups is 1. The van der Waals surface area contributed by atoms with Crippen LogP contribution in [0.4, 0.5) is 23.4 Å². The van der Waals surface area contributed by atoms with Crippen LogP contribution in [0.25, 0.3) is 28.0 Å². The van der Waals surface area contributed by atoms with E-state index in [1.54, 1.807) is 25.7 Å². The Morgan fingerprint density at radius 2 is 1.87 bits per heavy atom. The van der Waals surface area contributed by atoms with Gasteiger partial charge in [0.05, 0.1) is 32.2 Å². The number of sulfone groups is 1. The molecular formula is C31H29ClF4N6O4S. The van der Waals surface area contributed by atoms with Crippen molar-refractivity contribution >= 4 is 44.2 Å². The SMILES string of the molecule is C=CC(=O)N1CCN(c2nc(=O)n(-c3c(S(C)(=O)=O)ccnc3C(C)C)c3nc(-c4c(Cl)cccc4C(F)(F)F)c(F)cc23)[C@@H](C)C1. The van der Waals surface area contributed by atoms with Crippen LogP contribution in [0.15, 0.2) is 58.9 Å². The van der Waals surface area contributed by atoms with Crippen molar-refractivity contribution in [2.45, 2.75) is 43.8 Å². The van der Waals surface area contributed by atoms with Crippen molar-refractivity contribution in [1.82, 2.24) is 24.4 Å². The van der Waals surface area contributed by atoms with E-state index in [2.05, 4.69) is 21.5 Å². The van der Waals surface area contributed by atoms with E-state index in [0.717, 1.165) is 35.1 Å². The van der Waals surface area contributed by atoms with Gasteiger partial charge < -0.3 is 9.80 Å². The summed E-state index contributed by atoms with van der Waals surface area (Å²) in [6.45, 7) is 9.20. The van der Waals surface area contributed by atoms with Crippen LogP contribution in [-0.4, -0.2) is 70.7 Å². The molecule has 0 bridgehead atoms. The molecule has 10 nitrogen and oxygen atoms in total. The van der Waals surface area contributed by atoms with Crippen LogP contribution in [0, 0.1) is 5.82 Å². The Labute approximate surface area is 272 Å². The van der Waals surface area contributed by atoms with Crippen molar-refractivity contribution in [3.63, 3.8) is 0 Å². The summed E-state index contributed by atoms with van der Waals surface area (Å²) in [5.74, 6) is -2.02. The Kier molecular flexibility index (Phi) is 8.92. The molecule has 1 saturated heterocycles. The zero-order valence-corrected chi connectivity index (χ0v) is 27.2. The number of piperazine rings is 1. The van der Waals surface area contributed by atoms with Gasteiger partial charge in [-0.3, -0.25) is 9.78 Å². The average Bonchev–Trinajstić information content (AvgIpc) is 2.99. The molecule has 4 aromatic rings. The third-order valence-electron chi connectivity index (χ3n) is 7.83. The number of benzene rings is 1. The fraction of sp³-hybridized carbons (Fsp3) is 0.323. The van der Waals surface area contributed by atoms with E-state index in [-0.39, 0.29) is 58.7 Å². The van der Waals surface area contributed by atoms with Gasteiger partial charge in [0.1, 0.15) is 17.3 Å². The highest BCUT2D eigenvalue weighted by Gasteiger charge is 2.37. The maximum Gasteiger partial charge on any atom is 0.417 e. The molecule has 0 saturated carbocycles. The first-order valence-electron chi connectivity index (χ1n) is 14.3. The number of amides is 1. The number of alkyl halides is 3. The summed E-state index contributed by atoms with van der Waals surface area (Å²) in [6, 6.07) is 4.56. The van der Waals surface area contributed by atoms with Crippen molar-refractivity contribution in [1.29, 1.82) is 0 Å². The summed E-state index contributed by atoms with van der Waals surface area (Å²) >= 11 is 6.23. The topological polar surface area (TPSA) is 118 Å². The van der Waals surface area contributed by atoms with E-state index in [0.29, 0.717) is 0 Å². The van der Waals surface area contributed by atoms with E-state index in [9.17, 15) is 31.2 Å². The smallest absolute Gasteiger partial charge is 0.350 e. The van der Waals surface area contributed by atoms with Crippen LogP contribution in [-0.2, 0) is 20.8 Å². The van der Waals surface area contributed by atoms with Gasteiger partial charge in [-0.25, -0.2) is 27.2 Å². The summed E-state index contributed by atoms with van der Waals surface area (Å²) in [5, 5.41) is -0.550. The molecule has 1 aliphatic heterocycles. The summed E-state index contributed by atoms with van der Waals surface area (Å²) in [7, 11) is -4.04. The van der Waals surface area contributed by atoms with Crippen LogP contribution in [0.2, 0.25) is 5.02 Å². The molecule has 248 valence electrons. The molecule has 1 aliphatic rings. The number of carbonyl (C=O) groups excluding carboxylic acids is 1. The maximum absolute atomic E-state index is 16.1. The lowest BCUT2D eigenvalue weighted by Gasteiger charge is -2.40. The largest absolute Gasteiger partial charge is 0.417 e. The fourth-order valence-electron chi connectivity index (χ4n) is 5.70. The Morgan fingerprint density at radius 3 is 2.47 bits per heavy atom. The Morgan fingerprint density at radius 1 is 1.17 bits per heavy atom. The predicted octanol–water partition coefficient (Wildman–Crippen LogP) is 5.40. The fourth-order valence-corrected chi connectivity index (χ4v) is 6.82. The van der Waals surface area contributed by atoms with Gasteiger partial charge in [-0.05, 0) is 43.2 Å². The van der Waals surface area contributed by atoms with Gasteiger partial charge in [0.2, 0.25) is 5.91 Å². The first kappa shape index (κ1) is 34.0. The highest BCUT2D eigenvalue weighted by molar-refractivity contribution is 7.90. The molecule has 3 aromatic heterocycles. The monoisotopic (exact) mass is 692 g/mol.